The van der Waals surface area contributed by atoms with Gasteiger partial charge in [0.15, 0.2) is 0 Å². The number of fused-ring (bicyclic) bond motifs is 1. The molecular weight excluding hydrogens is 396 g/mol. The molecule has 0 fully saturated rings. The SMILES string of the molecule is CCN(CC)Cc1nc2sc(C)c(C)c2c(=O)n1C(C)C(=O)Nc1ccc(C)cc1. The first kappa shape index (κ1) is 22.2. The van der Waals surface area contributed by atoms with E-state index in [9.17, 15) is 9.59 Å². The van der Waals surface area contributed by atoms with Crippen LogP contribution in [-0.4, -0.2) is 33.4 Å². The van der Waals surface area contributed by atoms with Crippen molar-refractivity contribution in [3.05, 3.63) is 56.4 Å². The first-order valence-corrected chi connectivity index (χ1v) is 11.2. The third-order valence-electron chi connectivity index (χ3n) is 5.65. The van der Waals surface area contributed by atoms with Gasteiger partial charge in [0.2, 0.25) is 5.91 Å². The second-order valence-electron chi connectivity index (χ2n) is 7.66. The van der Waals surface area contributed by atoms with Crippen LogP contribution in [0.2, 0.25) is 0 Å². The number of hydrogen-bond acceptors (Lipinski definition) is 5. The Kier molecular flexibility index (Phi) is 6.73. The van der Waals surface area contributed by atoms with E-state index in [4.69, 9.17) is 4.98 Å². The average molecular weight is 427 g/mol. The minimum absolute atomic E-state index is 0.143. The van der Waals surface area contributed by atoms with Gasteiger partial charge in [0, 0.05) is 10.6 Å². The molecular formula is C23H30N4O2S. The maximum Gasteiger partial charge on any atom is 0.263 e. The molecule has 7 heteroatoms. The highest BCUT2D eigenvalue weighted by Gasteiger charge is 2.24. The van der Waals surface area contributed by atoms with Gasteiger partial charge in [-0.05, 0) is 58.5 Å². The molecule has 0 saturated heterocycles. The number of anilines is 1. The van der Waals surface area contributed by atoms with E-state index in [0.717, 1.165) is 33.9 Å². The predicted molar refractivity (Wildman–Crippen MR) is 124 cm³/mol. The van der Waals surface area contributed by atoms with Crippen LogP contribution in [0.4, 0.5) is 5.69 Å². The van der Waals surface area contributed by atoms with Crippen LogP contribution in [0.5, 0.6) is 0 Å². The number of nitrogens with zero attached hydrogens (tertiary/aromatic N) is 3. The molecule has 0 radical (unpaired) electrons. The normalized spacial score (nSPS) is 12.5. The van der Waals surface area contributed by atoms with E-state index < -0.39 is 6.04 Å². The van der Waals surface area contributed by atoms with Gasteiger partial charge in [-0.25, -0.2) is 4.98 Å². The molecule has 1 unspecified atom stereocenters. The van der Waals surface area contributed by atoms with Gasteiger partial charge in [0.25, 0.3) is 5.56 Å². The first-order valence-electron chi connectivity index (χ1n) is 10.4. The average Bonchev–Trinajstić information content (AvgIpc) is 3.01. The molecule has 30 heavy (non-hydrogen) atoms. The van der Waals surface area contributed by atoms with Crippen molar-refractivity contribution >= 4 is 33.1 Å². The van der Waals surface area contributed by atoms with Crippen LogP contribution >= 0.6 is 11.3 Å². The molecule has 0 saturated carbocycles. The Balaban J connectivity index is 2.07. The van der Waals surface area contributed by atoms with Crippen LogP contribution in [0.25, 0.3) is 10.2 Å². The molecule has 2 aromatic heterocycles. The van der Waals surface area contributed by atoms with Gasteiger partial charge in [-0.2, -0.15) is 0 Å². The van der Waals surface area contributed by atoms with Crippen molar-refractivity contribution in [3.8, 4) is 0 Å². The Hall–Kier alpha value is -2.51. The minimum atomic E-state index is -0.680. The van der Waals surface area contributed by atoms with Crippen molar-refractivity contribution in [2.45, 2.75) is 54.1 Å². The summed E-state index contributed by atoms with van der Waals surface area (Å²) in [6.07, 6.45) is 0. The summed E-state index contributed by atoms with van der Waals surface area (Å²) < 4.78 is 1.57. The number of benzene rings is 1. The fraction of sp³-hybridized carbons (Fsp3) is 0.435. The molecule has 2 heterocycles. The smallest absolute Gasteiger partial charge is 0.263 e. The summed E-state index contributed by atoms with van der Waals surface area (Å²) in [6.45, 7) is 14.1. The number of thiophene rings is 1. The zero-order valence-electron chi connectivity index (χ0n) is 18.6. The molecule has 0 spiro atoms. The first-order chi connectivity index (χ1) is 14.3. The fourth-order valence-corrected chi connectivity index (χ4v) is 4.55. The molecule has 1 amide bonds. The number of aryl methyl sites for hydroxylation is 3. The van der Waals surface area contributed by atoms with Crippen molar-refractivity contribution in [2.75, 3.05) is 18.4 Å². The second kappa shape index (κ2) is 9.10. The van der Waals surface area contributed by atoms with Crippen molar-refractivity contribution in [3.63, 3.8) is 0 Å². The van der Waals surface area contributed by atoms with Gasteiger partial charge in [-0.1, -0.05) is 31.5 Å². The summed E-state index contributed by atoms with van der Waals surface area (Å²) in [4.78, 5) is 35.4. The highest BCUT2D eigenvalue weighted by atomic mass is 32.1. The Bertz CT molecular complexity index is 1110. The van der Waals surface area contributed by atoms with Crippen LogP contribution in [0.3, 0.4) is 0 Å². The summed E-state index contributed by atoms with van der Waals surface area (Å²) in [5, 5.41) is 3.55. The van der Waals surface area contributed by atoms with Crippen molar-refractivity contribution in [1.82, 2.24) is 14.5 Å². The fourth-order valence-electron chi connectivity index (χ4n) is 3.51. The predicted octanol–water partition coefficient (Wildman–Crippen LogP) is 4.42. The number of hydrogen-bond donors (Lipinski definition) is 1. The Morgan fingerprint density at radius 3 is 2.40 bits per heavy atom. The molecule has 160 valence electrons. The molecule has 0 aliphatic carbocycles. The van der Waals surface area contributed by atoms with E-state index in [0.29, 0.717) is 23.4 Å². The van der Waals surface area contributed by atoms with Crippen molar-refractivity contribution in [1.29, 1.82) is 0 Å². The van der Waals surface area contributed by atoms with E-state index in [1.165, 1.54) is 11.3 Å². The Morgan fingerprint density at radius 2 is 1.80 bits per heavy atom. The zero-order chi connectivity index (χ0) is 22.0. The number of amides is 1. The highest BCUT2D eigenvalue weighted by molar-refractivity contribution is 7.18. The summed E-state index contributed by atoms with van der Waals surface area (Å²) in [6, 6.07) is 6.95. The molecule has 3 rings (SSSR count). The zero-order valence-corrected chi connectivity index (χ0v) is 19.4. The molecule has 0 aliphatic rings. The Labute approximate surface area is 181 Å². The van der Waals surface area contributed by atoms with Gasteiger partial charge < -0.3 is 5.32 Å². The molecule has 3 aromatic rings. The van der Waals surface area contributed by atoms with Crippen LogP contribution in [0, 0.1) is 20.8 Å². The van der Waals surface area contributed by atoms with E-state index in [-0.39, 0.29) is 11.5 Å². The number of nitrogens with one attached hydrogen (secondary N) is 1. The summed E-state index contributed by atoms with van der Waals surface area (Å²) in [5.41, 5.74) is 2.64. The van der Waals surface area contributed by atoms with Gasteiger partial charge in [0.1, 0.15) is 16.7 Å². The second-order valence-corrected chi connectivity index (χ2v) is 8.86. The quantitative estimate of drug-likeness (QED) is 0.607. The molecule has 0 bridgehead atoms. The van der Waals surface area contributed by atoms with E-state index >= 15 is 0 Å². The largest absolute Gasteiger partial charge is 0.324 e. The summed E-state index contributed by atoms with van der Waals surface area (Å²) in [5.74, 6) is 0.400. The minimum Gasteiger partial charge on any atom is -0.324 e. The summed E-state index contributed by atoms with van der Waals surface area (Å²) >= 11 is 1.54. The van der Waals surface area contributed by atoms with E-state index in [2.05, 4.69) is 24.1 Å². The van der Waals surface area contributed by atoms with E-state index in [1.807, 2.05) is 45.0 Å². The van der Waals surface area contributed by atoms with Crippen LogP contribution in [0.1, 0.15) is 48.6 Å². The molecule has 0 aliphatic heterocycles. The monoisotopic (exact) mass is 426 g/mol. The third kappa shape index (κ3) is 4.32. The lowest BCUT2D eigenvalue weighted by Crippen LogP contribution is -2.37. The lowest BCUT2D eigenvalue weighted by atomic mass is 10.2. The lowest BCUT2D eigenvalue weighted by Gasteiger charge is -2.23. The Morgan fingerprint density at radius 1 is 1.17 bits per heavy atom. The van der Waals surface area contributed by atoms with Crippen LogP contribution < -0.4 is 10.9 Å². The number of rotatable bonds is 7. The van der Waals surface area contributed by atoms with E-state index in [1.54, 1.807) is 11.5 Å². The maximum atomic E-state index is 13.5. The summed E-state index contributed by atoms with van der Waals surface area (Å²) in [7, 11) is 0. The molecule has 6 nitrogen and oxygen atoms in total. The molecule has 1 N–H and O–H groups in total. The van der Waals surface area contributed by atoms with Gasteiger partial charge in [-0.15, -0.1) is 11.3 Å². The number of carbonyl (C=O) groups excluding carboxylic acids is 1. The molecule has 1 atom stereocenters. The third-order valence-corrected chi connectivity index (χ3v) is 6.75. The van der Waals surface area contributed by atoms with Crippen molar-refractivity contribution < 1.29 is 4.79 Å². The standard InChI is InChI=1S/C23H30N4O2S/c1-7-26(8-2)13-19-25-22-20(15(4)17(6)30-22)23(29)27(19)16(5)21(28)24-18-11-9-14(3)10-12-18/h9-12,16H,7-8,13H2,1-6H3,(H,24,28). The lowest BCUT2D eigenvalue weighted by molar-refractivity contribution is -0.119. The van der Waals surface area contributed by atoms with Crippen LogP contribution in [-0.2, 0) is 11.3 Å². The van der Waals surface area contributed by atoms with Crippen LogP contribution in [0.15, 0.2) is 29.1 Å². The van der Waals surface area contributed by atoms with Crippen molar-refractivity contribution in [2.24, 2.45) is 0 Å². The molecule has 1 aromatic carbocycles. The maximum absolute atomic E-state index is 13.5. The van der Waals surface area contributed by atoms with Gasteiger partial charge >= 0.3 is 0 Å². The number of aromatic nitrogens is 2. The number of carbonyl (C=O) groups is 1. The van der Waals surface area contributed by atoms with Gasteiger partial charge in [-0.3, -0.25) is 19.1 Å². The van der Waals surface area contributed by atoms with Gasteiger partial charge in [0.05, 0.1) is 11.9 Å². The highest BCUT2D eigenvalue weighted by Crippen LogP contribution is 2.27. The topological polar surface area (TPSA) is 67.2 Å².